The van der Waals surface area contributed by atoms with Gasteiger partial charge in [-0.1, -0.05) is 121 Å². The van der Waals surface area contributed by atoms with E-state index in [1.165, 1.54) is 22.0 Å². The Bertz CT molecular complexity index is 6020. The highest BCUT2D eigenvalue weighted by atomic mass is 35.5. The van der Waals surface area contributed by atoms with Crippen LogP contribution in [-0.4, -0.2) is 279 Å². The fraction of sp³-hybridized carbons (Fsp3) is 0.443. The van der Waals surface area contributed by atoms with Crippen LogP contribution in [0.25, 0.3) is 46.9 Å². The third-order valence-electron chi connectivity index (χ3n) is 26.6. The van der Waals surface area contributed by atoms with Crippen LogP contribution in [0.15, 0.2) is 146 Å². The van der Waals surface area contributed by atoms with Gasteiger partial charge >= 0.3 is 18.0 Å². The van der Waals surface area contributed by atoms with Gasteiger partial charge in [0.25, 0.3) is 5.91 Å². The summed E-state index contributed by atoms with van der Waals surface area (Å²) in [5.41, 5.74) is 8.95. The van der Waals surface area contributed by atoms with E-state index in [-0.39, 0.29) is 126 Å². The molecule has 6 aromatic carbocycles. The van der Waals surface area contributed by atoms with E-state index < -0.39 is 49.0 Å². The van der Waals surface area contributed by atoms with Crippen molar-refractivity contribution in [3.05, 3.63) is 229 Å². The Morgan fingerprint density at radius 3 is 1.07 bits per heavy atom. The molecule has 18 rings (SSSR count). The molecule has 9 aromatic rings. The number of likely N-dealkylation sites (tertiary alicyclic amines) is 3. The monoisotopic (exact) mass is 2010 g/mol. The van der Waals surface area contributed by atoms with Gasteiger partial charge in [-0.3, -0.25) is 14.4 Å². The van der Waals surface area contributed by atoms with Crippen molar-refractivity contribution in [1.82, 2.24) is 59.3 Å². The second-order valence-corrected chi connectivity index (χ2v) is 35.5. The fourth-order valence-electron chi connectivity index (χ4n) is 19.7. The van der Waals surface area contributed by atoms with Crippen LogP contribution < -0.4 is 43.6 Å². The molecule has 6 fully saturated rings. The number of alkyl halides is 1. The predicted molar refractivity (Wildman–Crippen MR) is 566 cm³/mol. The molecule has 9 aliphatic rings. The van der Waals surface area contributed by atoms with Crippen LogP contribution in [-0.2, 0) is 53.3 Å². The van der Waals surface area contributed by atoms with Crippen LogP contribution in [0.3, 0.4) is 0 Å². The first-order valence-electron chi connectivity index (χ1n) is 45.9. The van der Waals surface area contributed by atoms with Gasteiger partial charge in [0.2, 0.25) is 31.4 Å². The van der Waals surface area contributed by atoms with Crippen molar-refractivity contribution < 1.29 is 41.5 Å². The summed E-state index contributed by atoms with van der Waals surface area (Å²) in [5.74, 6) is -0.415. The van der Waals surface area contributed by atoms with E-state index in [9.17, 15) is 23.2 Å². The topological polar surface area (TPSA) is 208 Å². The van der Waals surface area contributed by atoms with E-state index in [1.54, 1.807) is 4.90 Å². The Hall–Kier alpha value is -9.65. The van der Waals surface area contributed by atoms with Gasteiger partial charge in [0.1, 0.15) is 62.1 Å². The van der Waals surface area contributed by atoms with Crippen LogP contribution in [0, 0.1) is 19.7 Å². The van der Waals surface area contributed by atoms with Gasteiger partial charge in [-0.15, -0.1) is 0 Å². The third kappa shape index (κ3) is 24.4. The van der Waals surface area contributed by atoms with Gasteiger partial charge in [-0.05, 0) is 163 Å². The predicted octanol–water partition coefficient (Wildman–Crippen LogP) is 14.6. The van der Waals surface area contributed by atoms with Gasteiger partial charge < -0.3 is 87.5 Å². The van der Waals surface area contributed by atoms with Crippen LogP contribution in [0.1, 0.15) is 76.4 Å². The first-order valence-corrected chi connectivity index (χ1v) is 45.5. The average Bonchev–Trinajstić information content (AvgIpc) is 1.17. The molecular formula is C97H120Cl3F2N21O6S6. The van der Waals surface area contributed by atoms with E-state index in [0.29, 0.717) is 144 Å². The Labute approximate surface area is 850 Å². The average molecular weight is 2020 g/mol. The summed E-state index contributed by atoms with van der Waals surface area (Å²) >= 11 is 20.1. The number of allylic oxidation sites excluding steroid dienone is 1. The smallest absolute Gasteiger partial charge is 0.318 e. The van der Waals surface area contributed by atoms with E-state index in [1.807, 2.05) is 48.5 Å². The third-order valence-corrected chi connectivity index (χ3v) is 27.5. The number of carbonyl (C=O) groups is 3. The number of hydrogen-bond acceptors (Lipinski definition) is 21. The lowest BCUT2D eigenvalue weighted by atomic mass is 10.0. The first-order chi connectivity index (χ1) is 64.0. The van der Waals surface area contributed by atoms with E-state index in [2.05, 4.69) is 147 Å². The van der Waals surface area contributed by atoms with Crippen molar-refractivity contribution in [2.75, 3.05) is 195 Å². The van der Waals surface area contributed by atoms with Crippen molar-refractivity contribution in [2.24, 2.45) is 0 Å². The maximum atomic E-state index is 13.8. The van der Waals surface area contributed by atoms with Crippen molar-refractivity contribution in [3.8, 4) is 18.0 Å². The molecule has 3 amide bonds. The molecule has 9 aliphatic heterocycles. The minimum atomic E-state index is -1.01. The Morgan fingerprint density at radius 2 is 0.770 bits per heavy atom. The molecule has 38 heteroatoms. The molecule has 6 saturated heterocycles. The number of aromatic nitrogens is 6. The fourth-order valence-corrected chi connectivity index (χ4v) is 20.5. The quantitative estimate of drug-likeness (QED) is 0.0456. The molecule has 720 valence electrons. The lowest BCUT2D eigenvalue weighted by Gasteiger charge is -2.41. The lowest BCUT2D eigenvalue weighted by Crippen LogP contribution is -2.57. The number of hydrogen-bond donors (Lipinski definition) is 0. The molecule has 3 aromatic heterocycles. The summed E-state index contributed by atoms with van der Waals surface area (Å²) in [6.45, 7) is 36.4. The van der Waals surface area contributed by atoms with Crippen LogP contribution >= 0.6 is 116 Å². The zero-order valence-corrected chi connectivity index (χ0v) is 84.3. The molecule has 0 spiro atoms. The Balaban J connectivity index is 0.000000209. The number of rotatable bonds is 22. The maximum Gasteiger partial charge on any atom is 0.318 e. The van der Waals surface area contributed by atoms with Crippen molar-refractivity contribution in [1.29, 1.82) is 0 Å². The number of carbonyl (C=O) groups excluding carboxylic acids is 3. The van der Waals surface area contributed by atoms with Gasteiger partial charge in [-0.2, -0.15) is 111 Å². The molecule has 0 N–H and O–H groups in total. The summed E-state index contributed by atoms with van der Waals surface area (Å²) in [6, 6.07) is 36.4. The lowest BCUT2D eigenvalue weighted by molar-refractivity contribution is -0.131. The molecule has 0 aliphatic carbocycles. The van der Waals surface area contributed by atoms with E-state index >= 15 is 0 Å². The maximum absolute atomic E-state index is 13.8. The minimum absolute atomic E-state index is 0. The number of nitrogens with zero attached hydrogens (tertiary/aromatic N) is 21. The Kier molecular flexibility index (Phi) is 37.7. The number of likely N-dealkylation sites (N-methyl/N-ethyl adjacent to an activating group) is 3. The summed E-state index contributed by atoms with van der Waals surface area (Å²) in [5, 5.41) is 8.43. The molecular weight excluding hydrogens is 1890 g/mol. The number of fused-ring (bicyclic) bond motifs is 6. The summed E-state index contributed by atoms with van der Waals surface area (Å²) < 4.78 is 68.1. The largest absolute Gasteiger partial charge is 0.462 e. The summed E-state index contributed by atoms with van der Waals surface area (Å²) in [6.07, 6.45) is 11.2. The van der Waals surface area contributed by atoms with Crippen LogP contribution in [0.5, 0.6) is 18.0 Å². The number of anilines is 6. The molecule has 12 heterocycles. The minimum Gasteiger partial charge on any atom is -0.462 e. The van der Waals surface area contributed by atoms with Crippen molar-refractivity contribution in [3.63, 3.8) is 0 Å². The Morgan fingerprint density at radius 1 is 0.452 bits per heavy atom. The highest BCUT2D eigenvalue weighted by Crippen LogP contribution is 2.43. The second kappa shape index (κ2) is 49.6. The second-order valence-electron chi connectivity index (χ2n) is 34.3. The molecule has 6 atom stereocenters. The van der Waals surface area contributed by atoms with Crippen molar-refractivity contribution >= 4 is 200 Å². The molecule has 0 unspecified atom stereocenters. The SMILES string of the molecule is S.S.S.S.S.S.[2H]C([2H])=C([2H])C(=O)N1CCN(c2nc(OC[C@@H]3CCCN3C)nc3c2CCN(c2cccc4cccc(Cl)c24)C3)C[C@@H]1C[N+]#[C-].[C-]#[N+]C[C@H]1CN(c2nc(OC[C@@H]3CCCN3C)nc3c2CCN(c2cccc4cccc(Cl)c24)C3)CCN1C(=O)/C=C/CF.[C-]#[N+]C[C@H]1CN(c2nc(OC[C@@H]3CCCN3C)nc3c2CCN(c2cccc4cccc(Cl)c24)C3)CCN1C(=O)C(=C)F. The number of ether oxygens (including phenoxy) is 3. The zero-order valence-electron chi connectivity index (χ0n) is 79.0. The molecule has 0 radical (unpaired) electrons. The van der Waals surface area contributed by atoms with E-state index in [4.69, 9.17) is 103 Å². The van der Waals surface area contributed by atoms with Gasteiger partial charge in [0, 0.05) is 153 Å². The highest BCUT2D eigenvalue weighted by molar-refractivity contribution is 7.60. The summed E-state index contributed by atoms with van der Waals surface area (Å²) in [4.78, 5) is 103. The van der Waals surface area contributed by atoms with E-state index in [0.717, 1.165) is 190 Å². The van der Waals surface area contributed by atoms with Crippen molar-refractivity contribution in [2.45, 2.75) is 114 Å². The van der Waals surface area contributed by atoms with Gasteiger partial charge in [0.05, 0.1) is 55.9 Å². The highest BCUT2D eigenvalue weighted by Gasteiger charge is 2.41. The van der Waals surface area contributed by atoms with Crippen LogP contribution in [0.4, 0.5) is 43.3 Å². The standard InChI is InChI=1S/C33H37ClFN7O2.C32H35ClFN7O2.C32H36ClN7O2.6H2S/c1-36-19-25-20-41(17-18-42(25)30(43)12-5-14-35)32-26-13-16-40(29-11-4-8-23-7-3-10-27(34)31(23)29)21-28(26)37-33(38-32)44-22-24-9-6-15-39(24)2;1-21(34)31(42)41-16-15-40(18-24(41)17-35-2)30-25-12-14-39(28-11-5-8-22-7-4-10-26(33)29(22)28)19-27(25)36-32(37-30)43-20-23-9-6-13-38(23)3;1-4-29(41)40-17-16-39(19-24(40)18-34-2)31-25-13-15-38(28-12-6-9-22-8-5-11-26(33)30(22)28)20-27(25)35-32(36-31)42-21-23-10-7-14-37(23)3;;;;;;/h3-5,7-8,10-12,24-25H,6,9,13-22H2,2H3;4-5,7-8,10-11,23-24H,1,6,9,12-20H2,3H3;4-6,8-9,11-12,23-24H,1,7,10,13-21H2,3H3;6*1H2/b12-5+;;;;;;;;/t24-,25-;2*23-,24-;;;;;;/m000....../s1/i;;1D2,4D;;;;;;. The molecule has 0 saturated carbocycles. The molecule has 0 bridgehead atoms. The number of halogens is 5. The number of amides is 3. The molecule has 27 nitrogen and oxygen atoms in total. The summed E-state index contributed by atoms with van der Waals surface area (Å²) in [7, 11) is 6.33. The van der Waals surface area contributed by atoms with Gasteiger partial charge in [-0.25, -0.2) is 28.5 Å². The number of benzene rings is 6. The normalized spacial score (nSPS) is 20.1. The number of piperazine rings is 3. The first kappa shape index (κ1) is 103. The van der Waals surface area contributed by atoms with Gasteiger partial charge in [0.15, 0.2) is 5.83 Å². The molecule has 135 heavy (non-hydrogen) atoms. The zero-order chi connectivity index (χ0) is 92.4. The van der Waals surface area contributed by atoms with Crippen LogP contribution in [0.2, 0.25) is 15.1 Å².